The number of ether oxygens (including phenoxy) is 2. The molecule has 0 spiro atoms. The highest BCUT2D eigenvalue weighted by atomic mass is 32.2. The topological polar surface area (TPSA) is 128 Å². The number of nitrogens with zero attached hydrogens (tertiary/aromatic N) is 3. The van der Waals surface area contributed by atoms with Gasteiger partial charge in [-0.3, -0.25) is 19.8 Å². The molecule has 2 aromatic rings. The van der Waals surface area contributed by atoms with Crippen molar-refractivity contribution < 1.29 is 24.0 Å². The van der Waals surface area contributed by atoms with Crippen LogP contribution in [0.1, 0.15) is 24.0 Å². The maximum atomic E-state index is 13.3. The van der Waals surface area contributed by atoms with Gasteiger partial charge in [0.15, 0.2) is 0 Å². The van der Waals surface area contributed by atoms with Crippen LogP contribution < -0.4 is 10.5 Å². The Morgan fingerprint density at radius 2 is 1.81 bits per heavy atom. The number of carbonyl (C=O) groups excluding carboxylic acids is 2. The summed E-state index contributed by atoms with van der Waals surface area (Å²) in [5.41, 5.74) is 7.74. The molecule has 11 heteroatoms. The van der Waals surface area contributed by atoms with Gasteiger partial charge in [-0.1, -0.05) is 12.1 Å². The smallest absolute Gasteiger partial charge is 0.410 e. The number of nitrogens with two attached hydrogens (primary N) is 1. The molecule has 36 heavy (non-hydrogen) atoms. The summed E-state index contributed by atoms with van der Waals surface area (Å²) in [6.45, 7) is 1.44. The lowest BCUT2D eigenvalue weighted by Gasteiger charge is -2.27. The quantitative estimate of drug-likeness (QED) is 0.420. The number of methoxy groups -OCH3 is 1. The van der Waals surface area contributed by atoms with Crippen LogP contribution in [0.5, 0.6) is 5.75 Å². The Kier molecular flexibility index (Phi) is 8.32. The molecule has 0 aromatic heterocycles. The van der Waals surface area contributed by atoms with E-state index >= 15 is 0 Å². The third kappa shape index (κ3) is 6.27. The number of amides is 2. The molecule has 0 radical (unpaired) electrons. The van der Waals surface area contributed by atoms with E-state index in [1.807, 2.05) is 24.3 Å². The van der Waals surface area contributed by atoms with E-state index in [-0.39, 0.29) is 29.5 Å². The summed E-state index contributed by atoms with van der Waals surface area (Å²) in [6.07, 6.45) is 0.722. The molecule has 2 heterocycles. The molecule has 0 saturated carbocycles. The fraction of sp³-hybridized carbons (Fsp3) is 0.440. The Morgan fingerprint density at radius 1 is 1.11 bits per heavy atom. The van der Waals surface area contributed by atoms with Gasteiger partial charge in [0.25, 0.3) is 5.69 Å². The highest BCUT2D eigenvalue weighted by Crippen LogP contribution is 2.32. The summed E-state index contributed by atoms with van der Waals surface area (Å²) >= 11 is 1.71. The number of likely N-dealkylation sites (tertiary alicyclic amines) is 2. The molecule has 10 nitrogen and oxygen atoms in total. The van der Waals surface area contributed by atoms with Crippen LogP contribution in [0, 0.1) is 10.1 Å². The average molecular weight is 515 g/mol. The van der Waals surface area contributed by atoms with Crippen molar-refractivity contribution in [3.63, 3.8) is 0 Å². The standard InChI is InChI=1S/C25H30N4O6S/c1-34-21-8-4-18(5-9-21)16-36-22-12-23(24(30)27-11-10-19(26)13-27)28(14-22)25(31)35-15-17-2-6-20(7-3-17)29(32)33/h2-9,19,22-23H,10-16,26H2,1H3/t19-,22+,23+/m1/s1. The normalized spacial score (nSPS) is 21.4. The second kappa shape index (κ2) is 11.6. The highest BCUT2D eigenvalue weighted by molar-refractivity contribution is 7.99. The van der Waals surface area contributed by atoms with Gasteiger partial charge in [-0.2, -0.15) is 11.8 Å². The van der Waals surface area contributed by atoms with E-state index in [1.165, 1.54) is 17.0 Å². The zero-order valence-corrected chi connectivity index (χ0v) is 20.9. The van der Waals surface area contributed by atoms with Crippen LogP contribution in [0.25, 0.3) is 0 Å². The van der Waals surface area contributed by atoms with Gasteiger partial charge in [0.2, 0.25) is 5.91 Å². The number of benzene rings is 2. The number of hydrogen-bond acceptors (Lipinski definition) is 8. The fourth-order valence-electron chi connectivity index (χ4n) is 4.43. The Balaban J connectivity index is 1.40. The lowest BCUT2D eigenvalue weighted by atomic mass is 10.2. The molecule has 192 valence electrons. The Bertz CT molecular complexity index is 1080. The van der Waals surface area contributed by atoms with Crippen molar-refractivity contribution in [2.75, 3.05) is 26.7 Å². The number of hydrogen-bond donors (Lipinski definition) is 1. The van der Waals surface area contributed by atoms with Gasteiger partial charge in [0.05, 0.1) is 12.0 Å². The first-order chi connectivity index (χ1) is 17.3. The van der Waals surface area contributed by atoms with Gasteiger partial charge in [0, 0.05) is 48.8 Å². The van der Waals surface area contributed by atoms with E-state index in [1.54, 1.807) is 35.9 Å². The largest absolute Gasteiger partial charge is 0.497 e. The molecule has 2 saturated heterocycles. The first kappa shape index (κ1) is 25.8. The van der Waals surface area contributed by atoms with E-state index in [2.05, 4.69) is 0 Å². The van der Waals surface area contributed by atoms with E-state index in [4.69, 9.17) is 15.2 Å². The Morgan fingerprint density at radius 3 is 2.42 bits per heavy atom. The Hall–Kier alpha value is -3.31. The molecule has 4 rings (SSSR count). The summed E-state index contributed by atoms with van der Waals surface area (Å²) in [4.78, 5) is 40.0. The number of nitro groups is 1. The second-order valence-corrected chi connectivity index (χ2v) is 10.3. The molecule has 2 aliphatic rings. The van der Waals surface area contributed by atoms with Crippen molar-refractivity contribution in [2.24, 2.45) is 5.73 Å². The zero-order valence-electron chi connectivity index (χ0n) is 20.1. The Labute approximate surface area is 213 Å². The van der Waals surface area contributed by atoms with E-state index in [0.29, 0.717) is 31.6 Å². The number of rotatable bonds is 8. The van der Waals surface area contributed by atoms with Crippen molar-refractivity contribution in [3.05, 3.63) is 69.8 Å². The summed E-state index contributed by atoms with van der Waals surface area (Å²) < 4.78 is 10.7. The second-order valence-electron chi connectivity index (χ2n) is 9.00. The van der Waals surface area contributed by atoms with E-state index in [0.717, 1.165) is 23.5 Å². The van der Waals surface area contributed by atoms with Gasteiger partial charge in [-0.15, -0.1) is 0 Å². The molecule has 0 bridgehead atoms. The van der Waals surface area contributed by atoms with Crippen LogP contribution in [0.2, 0.25) is 0 Å². The number of non-ortho nitro benzene ring substituents is 1. The van der Waals surface area contributed by atoms with Crippen molar-refractivity contribution in [2.45, 2.75) is 42.5 Å². The van der Waals surface area contributed by atoms with Crippen molar-refractivity contribution in [1.82, 2.24) is 9.80 Å². The lowest BCUT2D eigenvalue weighted by molar-refractivity contribution is -0.384. The van der Waals surface area contributed by atoms with E-state index < -0.39 is 17.1 Å². The van der Waals surface area contributed by atoms with Crippen LogP contribution >= 0.6 is 11.8 Å². The summed E-state index contributed by atoms with van der Waals surface area (Å²) in [5, 5.41) is 10.9. The molecular formula is C25H30N4O6S. The minimum absolute atomic E-state index is 0.0316. The zero-order chi connectivity index (χ0) is 25.7. The van der Waals surface area contributed by atoms with Crippen LogP contribution in [-0.2, 0) is 21.9 Å². The molecule has 0 unspecified atom stereocenters. The maximum Gasteiger partial charge on any atom is 0.410 e. The van der Waals surface area contributed by atoms with Gasteiger partial charge in [-0.05, 0) is 48.2 Å². The van der Waals surface area contributed by atoms with Crippen molar-refractivity contribution >= 4 is 29.4 Å². The lowest BCUT2D eigenvalue weighted by Crippen LogP contribution is -2.47. The first-order valence-electron chi connectivity index (χ1n) is 11.8. The predicted octanol–water partition coefficient (Wildman–Crippen LogP) is 3.18. The SMILES string of the molecule is COc1ccc(CS[C@H]2C[C@@H](C(=O)N3CC[C@@H](N)C3)N(C(=O)OCc3ccc([N+](=O)[O-])cc3)C2)cc1. The highest BCUT2D eigenvalue weighted by Gasteiger charge is 2.43. The maximum absolute atomic E-state index is 13.3. The molecule has 2 aliphatic heterocycles. The fourth-order valence-corrected chi connectivity index (χ4v) is 5.63. The summed E-state index contributed by atoms with van der Waals surface area (Å²) in [7, 11) is 1.63. The van der Waals surface area contributed by atoms with E-state index in [9.17, 15) is 19.7 Å². The summed E-state index contributed by atoms with van der Waals surface area (Å²) in [5.74, 6) is 1.44. The average Bonchev–Trinajstić information content (AvgIpc) is 3.52. The van der Waals surface area contributed by atoms with Gasteiger partial charge in [0.1, 0.15) is 18.4 Å². The molecule has 2 N–H and O–H groups in total. The van der Waals surface area contributed by atoms with Crippen molar-refractivity contribution in [1.29, 1.82) is 0 Å². The number of thioether (sulfide) groups is 1. The van der Waals surface area contributed by atoms with Crippen LogP contribution in [0.3, 0.4) is 0 Å². The van der Waals surface area contributed by atoms with Gasteiger partial charge >= 0.3 is 6.09 Å². The molecule has 2 fully saturated rings. The summed E-state index contributed by atoms with van der Waals surface area (Å²) in [6, 6.07) is 13.0. The van der Waals surface area contributed by atoms with Crippen LogP contribution in [0.15, 0.2) is 48.5 Å². The number of carbonyl (C=O) groups is 2. The minimum atomic E-state index is -0.604. The van der Waals surface area contributed by atoms with Crippen LogP contribution in [0.4, 0.5) is 10.5 Å². The molecule has 0 aliphatic carbocycles. The first-order valence-corrected chi connectivity index (χ1v) is 12.8. The predicted molar refractivity (Wildman–Crippen MR) is 136 cm³/mol. The number of nitro benzene ring substituents is 1. The van der Waals surface area contributed by atoms with Gasteiger partial charge < -0.3 is 20.1 Å². The molecular weight excluding hydrogens is 484 g/mol. The monoisotopic (exact) mass is 514 g/mol. The molecule has 2 amide bonds. The minimum Gasteiger partial charge on any atom is -0.497 e. The third-order valence-corrected chi connectivity index (χ3v) is 7.79. The molecule has 2 aromatic carbocycles. The van der Waals surface area contributed by atoms with Gasteiger partial charge in [-0.25, -0.2) is 4.79 Å². The third-order valence-electron chi connectivity index (χ3n) is 6.47. The van der Waals surface area contributed by atoms with Crippen molar-refractivity contribution in [3.8, 4) is 5.75 Å². The molecule has 3 atom stereocenters. The van der Waals surface area contributed by atoms with Crippen LogP contribution in [-0.4, -0.2) is 70.8 Å².